The second-order valence-electron chi connectivity index (χ2n) is 4.90. The van der Waals surface area contributed by atoms with Gasteiger partial charge in [-0.25, -0.2) is 14.3 Å². The molecule has 3 heterocycles. The van der Waals surface area contributed by atoms with Crippen LogP contribution in [-0.4, -0.2) is 30.4 Å². The number of hydrogen-bond acceptors (Lipinski definition) is 4. The smallest absolute Gasteiger partial charge is 0.347 e. The third-order valence-corrected chi connectivity index (χ3v) is 3.89. The fourth-order valence-corrected chi connectivity index (χ4v) is 2.73. The Morgan fingerprint density at radius 3 is 3.05 bits per heavy atom. The zero-order valence-electron chi connectivity index (χ0n) is 11.1. The van der Waals surface area contributed by atoms with E-state index in [2.05, 4.69) is 10.1 Å². The molecule has 0 saturated heterocycles. The van der Waals surface area contributed by atoms with E-state index in [0.717, 1.165) is 0 Å². The highest BCUT2D eigenvalue weighted by atomic mass is 35.5. The Morgan fingerprint density at radius 2 is 2.33 bits per heavy atom. The van der Waals surface area contributed by atoms with E-state index in [1.807, 2.05) is 0 Å². The second-order valence-corrected chi connectivity index (χ2v) is 5.31. The highest BCUT2D eigenvalue weighted by molar-refractivity contribution is 6.31. The van der Waals surface area contributed by atoms with Crippen LogP contribution in [0.25, 0.3) is 0 Å². The first-order valence-corrected chi connectivity index (χ1v) is 6.96. The van der Waals surface area contributed by atoms with Gasteiger partial charge in [-0.15, -0.1) is 0 Å². The van der Waals surface area contributed by atoms with E-state index in [0.29, 0.717) is 35.8 Å². The van der Waals surface area contributed by atoms with E-state index in [1.54, 1.807) is 18.3 Å². The normalized spacial score (nSPS) is 17.5. The molecule has 0 aromatic carbocycles. The van der Waals surface area contributed by atoms with Crippen LogP contribution in [0.4, 0.5) is 0 Å². The van der Waals surface area contributed by atoms with Crippen molar-refractivity contribution in [3.8, 4) is 0 Å². The predicted octanol–water partition coefficient (Wildman–Crippen LogP) is 1.10. The summed E-state index contributed by atoms with van der Waals surface area (Å²) < 4.78 is 2.49. The Bertz CT molecular complexity index is 752. The lowest BCUT2D eigenvalue weighted by Gasteiger charge is -2.19. The monoisotopic (exact) mass is 308 g/mol. The van der Waals surface area contributed by atoms with Crippen LogP contribution in [0.5, 0.6) is 0 Å². The van der Waals surface area contributed by atoms with Crippen LogP contribution < -0.4 is 5.69 Å². The Kier molecular flexibility index (Phi) is 3.50. The SMILES string of the molecule is O=C(O)[C@@H]1CCCc2nn(Cc3ncccc3Cl)c(=O)n21. The van der Waals surface area contributed by atoms with E-state index >= 15 is 0 Å². The summed E-state index contributed by atoms with van der Waals surface area (Å²) in [5, 5.41) is 13.9. The molecule has 2 aromatic heterocycles. The summed E-state index contributed by atoms with van der Waals surface area (Å²) >= 11 is 6.03. The molecule has 1 aliphatic heterocycles. The van der Waals surface area contributed by atoms with E-state index in [4.69, 9.17) is 11.6 Å². The standard InChI is InChI=1S/C13H13ClN4O3/c14-8-3-2-6-15-9(8)7-17-13(21)18-10(12(19)20)4-1-5-11(18)16-17/h2-3,6,10H,1,4-5,7H2,(H,19,20)/t10-/m0/s1. The van der Waals surface area contributed by atoms with Crippen LogP contribution in [0.2, 0.25) is 5.02 Å². The minimum atomic E-state index is -1.01. The van der Waals surface area contributed by atoms with Gasteiger partial charge in [0.1, 0.15) is 11.9 Å². The number of rotatable bonds is 3. The largest absolute Gasteiger partial charge is 0.480 e. The lowest BCUT2D eigenvalue weighted by atomic mass is 10.1. The highest BCUT2D eigenvalue weighted by Crippen LogP contribution is 2.22. The third kappa shape index (κ3) is 2.44. The number of pyridine rings is 1. The average Bonchev–Trinajstić information content (AvgIpc) is 2.78. The summed E-state index contributed by atoms with van der Waals surface area (Å²) in [6.45, 7) is 0.130. The van der Waals surface area contributed by atoms with Crippen LogP contribution in [0.1, 0.15) is 30.4 Å². The maximum absolute atomic E-state index is 12.4. The minimum absolute atomic E-state index is 0.130. The van der Waals surface area contributed by atoms with Gasteiger partial charge in [0.2, 0.25) is 0 Å². The van der Waals surface area contributed by atoms with Gasteiger partial charge < -0.3 is 5.11 Å². The molecule has 0 fully saturated rings. The van der Waals surface area contributed by atoms with E-state index < -0.39 is 17.7 Å². The molecule has 8 heteroatoms. The summed E-state index contributed by atoms with van der Waals surface area (Å²) in [6.07, 6.45) is 3.33. The second kappa shape index (κ2) is 5.33. The van der Waals surface area contributed by atoms with Gasteiger partial charge in [0.05, 0.1) is 17.3 Å². The Labute approximate surface area is 124 Å². The Hall–Kier alpha value is -2.15. The average molecular weight is 309 g/mol. The molecule has 0 unspecified atom stereocenters. The molecule has 110 valence electrons. The molecule has 0 aliphatic carbocycles. The van der Waals surface area contributed by atoms with E-state index in [9.17, 15) is 14.7 Å². The zero-order valence-corrected chi connectivity index (χ0v) is 11.8. The van der Waals surface area contributed by atoms with Crippen molar-refractivity contribution < 1.29 is 9.90 Å². The van der Waals surface area contributed by atoms with Gasteiger partial charge in [0, 0.05) is 12.6 Å². The number of aromatic nitrogens is 4. The van der Waals surface area contributed by atoms with E-state index in [1.165, 1.54) is 9.25 Å². The maximum atomic E-state index is 12.4. The van der Waals surface area contributed by atoms with Crippen molar-refractivity contribution in [2.75, 3.05) is 0 Å². The number of carbonyl (C=O) groups is 1. The zero-order chi connectivity index (χ0) is 15.0. The fraction of sp³-hybridized carbons (Fsp3) is 0.385. The van der Waals surface area contributed by atoms with Crippen LogP contribution in [0.15, 0.2) is 23.1 Å². The summed E-state index contributed by atoms with van der Waals surface area (Å²) in [7, 11) is 0. The lowest BCUT2D eigenvalue weighted by Crippen LogP contribution is -2.34. The number of aryl methyl sites for hydroxylation is 1. The molecule has 1 atom stereocenters. The van der Waals surface area contributed by atoms with Crippen molar-refractivity contribution in [3.05, 3.63) is 45.4 Å². The van der Waals surface area contributed by atoms with Crippen molar-refractivity contribution in [1.29, 1.82) is 0 Å². The number of halogens is 1. The molecule has 0 bridgehead atoms. The highest BCUT2D eigenvalue weighted by Gasteiger charge is 2.30. The van der Waals surface area contributed by atoms with Crippen molar-refractivity contribution in [2.24, 2.45) is 0 Å². The summed E-state index contributed by atoms with van der Waals surface area (Å²) in [4.78, 5) is 27.8. The van der Waals surface area contributed by atoms with Gasteiger partial charge in [0.15, 0.2) is 0 Å². The summed E-state index contributed by atoms with van der Waals surface area (Å²) in [5.74, 6) is -0.501. The number of carboxylic acids is 1. The van der Waals surface area contributed by atoms with Gasteiger partial charge in [-0.05, 0) is 25.0 Å². The van der Waals surface area contributed by atoms with Crippen molar-refractivity contribution in [1.82, 2.24) is 19.3 Å². The quantitative estimate of drug-likeness (QED) is 0.917. The summed E-state index contributed by atoms with van der Waals surface area (Å²) in [5.41, 5.74) is 0.0995. The molecule has 1 N–H and O–H groups in total. The van der Waals surface area contributed by atoms with Crippen molar-refractivity contribution in [2.45, 2.75) is 31.8 Å². The Morgan fingerprint density at radius 1 is 1.52 bits per heavy atom. The number of nitrogens with zero attached hydrogens (tertiary/aromatic N) is 4. The van der Waals surface area contributed by atoms with Gasteiger partial charge >= 0.3 is 11.7 Å². The van der Waals surface area contributed by atoms with Crippen LogP contribution in [0, 0.1) is 0 Å². The van der Waals surface area contributed by atoms with Gasteiger partial charge in [-0.3, -0.25) is 9.55 Å². The van der Waals surface area contributed by atoms with Gasteiger partial charge in [0.25, 0.3) is 0 Å². The molecule has 1 aliphatic rings. The topological polar surface area (TPSA) is 90.0 Å². The van der Waals surface area contributed by atoms with Crippen LogP contribution >= 0.6 is 11.6 Å². The first-order valence-electron chi connectivity index (χ1n) is 6.58. The Balaban J connectivity index is 2.01. The fourth-order valence-electron chi connectivity index (χ4n) is 2.54. The van der Waals surface area contributed by atoms with E-state index in [-0.39, 0.29) is 6.54 Å². The molecule has 3 rings (SSSR count). The minimum Gasteiger partial charge on any atom is -0.480 e. The maximum Gasteiger partial charge on any atom is 0.347 e. The summed E-state index contributed by atoms with van der Waals surface area (Å²) in [6, 6.07) is 2.55. The van der Waals surface area contributed by atoms with Gasteiger partial charge in [-0.2, -0.15) is 5.10 Å². The molecular weight excluding hydrogens is 296 g/mol. The molecular formula is C13H13ClN4O3. The number of aliphatic carboxylic acids is 1. The number of hydrogen-bond donors (Lipinski definition) is 1. The first kappa shape index (κ1) is 13.8. The molecule has 0 spiro atoms. The number of fused-ring (bicyclic) bond motifs is 1. The molecule has 7 nitrogen and oxygen atoms in total. The first-order chi connectivity index (χ1) is 10.1. The molecule has 0 saturated carbocycles. The van der Waals surface area contributed by atoms with Crippen LogP contribution in [0.3, 0.4) is 0 Å². The van der Waals surface area contributed by atoms with Crippen LogP contribution in [-0.2, 0) is 17.8 Å². The molecule has 0 amide bonds. The predicted molar refractivity (Wildman–Crippen MR) is 74.4 cm³/mol. The van der Waals surface area contributed by atoms with Crippen molar-refractivity contribution in [3.63, 3.8) is 0 Å². The lowest BCUT2D eigenvalue weighted by molar-refractivity contribution is -0.141. The third-order valence-electron chi connectivity index (χ3n) is 3.55. The molecule has 0 radical (unpaired) electrons. The molecule has 21 heavy (non-hydrogen) atoms. The van der Waals surface area contributed by atoms with Gasteiger partial charge in [-0.1, -0.05) is 11.6 Å². The molecule has 2 aromatic rings. The van der Waals surface area contributed by atoms with Crippen molar-refractivity contribution >= 4 is 17.6 Å². The number of carboxylic acid groups (broad SMARTS) is 1.